The van der Waals surface area contributed by atoms with Gasteiger partial charge in [-0.25, -0.2) is 4.39 Å². The Balaban J connectivity index is 1.25. The molecule has 0 amide bonds. The lowest BCUT2D eigenvalue weighted by molar-refractivity contribution is -0.141. The maximum absolute atomic E-state index is 12.7. The molecule has 0 N–H and O–H groups in total. The molecule has 1 aliphatic carbocycles. The van der Waals surface area contributed by atoms with Crippen molar-refractivity contribution in [1.29, 1.82) is 0 Å². The zero-order valence-electron chi connectivity index (χ0n) is 16.5. The van der Waals surface area contributed by atoms with Crippen LogP contribution in [0.15, 0.2) is 36.7 Å². The van der Waals surface area contributed by atoms with Gasteiger partial charge in [0.25, 0.3) is 0 Å². The van der Waals surface area contributed by atoms with Crippen LogP contribution in [0.3, 0.4) is 0 Å². The maximum atomic E-state index is 12.7. The molecule has 5 rings (SSSR count). The Kier molecular flexibility index (Phi) is 4.42. The van der Waals surface area contributed by atoms with E-state index in [0.29, 0.717) is 13.0 Å². The molecule has 0 unspecified atom stereocenters. The number of aromatic nitrogens is 4. The Morgan fingerprint density at radius 2 is 2.07 bits per heavy atom. The number of pyridine rings is 1. The molecule has 6 nitrogen and oxygen atoms in total. The highest BCUT2D eigenvalue weighted by Crippen LogP contribution is 2.52. The number of ketones is 1. The first-order valence-electron chi connectivity index (χ1n) is 10.1. The zero-order valence-corrected chi connectivity index (χ0v) is 16.5. The van der Waals surface area contributed by atoms with Crippen molar-refractivity contribution in [3.8, 4) is 11.3 Å². The van der Waals surface area contributed by atoms with E-state index in [2.05, 4.69) is 26.3 Å². The normalized spacial score (nSPS) is 18.7. The lowest BCUT2D eigenvalue weighted by Crippen LogP contribution is -2.63. The number of hydrogen-bond acceptors (Lipinski definition) is 5. The number of carbonyl (C=O) groups is 1. The first-order chi connectivity index (χ1) is 14.0. The second-order valence-corrected chi connectivity index (χ2v) is 8.66. The van der Waals surface area contributed by atoms with Gasteiger partial charge in [0, 0.05) is 61.9 Å². The second-order valence-electron chi connectivity index (χ2n) is 8.66. The number of rotatable bonds is 6. The molecule has 7 heteroatoms. The fourth-order valence-electron chi connectivity index (χ4n) is 4.90. The molecule has 29 heavy (non-hydrogen) atoms. The maximum Gasteiger partial charge on any atom is 0.141 e. The summed E-state index contributed by atoms with van der Waals surface area (Å²) in [7, 11) is 1.85. The minimum absolute atomic E-state index is 0.131. The lowest BCUT2D eigenvalue weighted by Gasteiger charge is -2.58. The standard InChI is InChI=1S/C22H24FN5O/c1-27-12-20(25-26-27)15-2-3-16-11-24-19(7-17(16)6-15)8-21(29)18-9-22(10-18)13-28(14-22)5-4-23/h2-3,6-7,11-12,18H,4-5,8-10,13-14H2,1H3. The minimum atomic E-state index is -0.287. The summed E-state index contributed by atoms with van der Waals surface area (Å²) < 4.78 is 14.1. The highest BCUT2D eigenvalue weighted by atomic mass is 19.1. The molecule has 0 atom stereocenters. The van der Waals surface area contributed by atoms with Gasteiger partial charge in [-0.1, -0.05) is 17.3 Å². The van der Waals surface area contributed by atoms with Crippen molar-refractivity contribution in [3.63, 3.8) is 0 Å². The van der Waals surface area contributed by atoms with Gasteiger partial charge in [-0.15, -0.1) is 5.10 Å². The van der Waals surface area contributed by atoms with Crippen LogP contribution >= 0.6 is 0 Å². The summed E-state index contributed by atoms with van der Waals surface area (Å²) in [6, 6.07) is 8.11. The van der Waals surface area contributed by atoms with Gasteiger partial charge in [0.2, 0.25) is 0 Å². The van der Waals surface area contributed by atoms with Crippen LogP contribution in [0.5, 0.6) is 0 Å². The fourth-order valence-corrected chi connectivity index (χ4v) is 4.90. The summed E-state index contributed by atoms with van der Waals surface area (Å²) >= 11 is 0. The summed E-state index contributed by atoms with van der Waals surface area (Å²) in [5, 5.41) is 10.3. The van der Waals surface area contributed by atoms with E-state index in [1.54, 1.807) is 4.68 Å². The third-order valence-corrected chi connectivity index (χ3v) is 6.37. The van der Waals surface area contributed by atoms with Crippen LogP contribution in [0.2, 0.25) is 0 Å². The van der Waals surface area contributed by atoms with Gasteiger partial charge in [-0.05, 0) is 35.8 Å². The minimum Gasteiger partial charge on any atom is -0.300 e. The SMILES string of the molecule is Cn1cc(-c2ccc3cnc(CC(=O)C4CC5(C4)CN(CCF)C5)cc3c2)nn1. The molecule has 1 saturated carbocycles. The number of aryl methyl sites for hydroxylation is 1. The van der Waals surface area contributed by atoms with E-state index in [1.807, 2.05) is 37.6 Å². The van der Waals surface area contributed by atoms with Crippen molar-refractivity contribution in [2.24, 2.45) is 18.4 Å². The van der Waals surface area contributed by atoms with Crippen molar-refractivity contribution >= 4 is 16.6 Å². The van der Waals surface area contributed by atoms with Crippen molar-refractivity contribution in [3.05, 3.63) is 42.4 Å². The number of fused-ring (bicyclic) bond motifs is 1. The van der Waals surface area contributed by atoms with Crippen molar-refractivity contribution < 1.29 is 9.18 Å². The largest absolute Gasteiger partial charge is 0.300 e. The van der Waals surface area contributed by atoms with Crippen LogP contribution < -0.4 is 0 Å². The highest BCUT2D eigenvalue weighted by molar-refractivity contribution is 5.88. The Bertz CT molecular complexity index is 1060. The smallest absolute Gasteiger partial charge is 0.141 e. The van der Waals surface area contributed by atoms with Gasteiger partial charge in [-0.2, -0.15) is 0 Å². The summed E-state index contributed by atoms with van der Waals surface area (Å²) in [5.74, 6) is 0.405. The van der Waals surface area contributed by atoms with Gasteiger partial charge in [0.1, 0.15) is 18.2 Å². The van der Waals surface area contributed by atoms with E-state index < -0.39 is 0 Å². The summed E-state index contributed by atoms with van der Waals surface area (Å²) in [6.45, 7) is 2.13. The van der Waals surface area contributed by atoms with E-state index >= 15 is 0 Å². The van der Waals surface area contributed by atoms with Gasteiger partial charge < -0.3 is 0 Å². The summed E-state index contributed by atoms with van der Waals surface area (Å²) in [5.41, 5.74) is 2.91. The summed E-state index contributed by atoms with van der Waals surface area (Å²) in [6.07, 6.45) is 5.98. The molecule has 1 aromatic carbocycles. The topological polar surface area (TPSA) is 63.9 Å². The van der Waals surface area contributed by atoms with E-state index in [1.165, 1.54) is 0 Å². The number of likely N-dealkylation sites (tertiary alicyclic amines) is 1. The molecule has 1 aliphatic heterocycles. The third kappa shape index (κ3) is 3.44. The van der Waals surface area contributed by atoms with Crippen molar-refractivity contribution in [2.45, 2.75) is 19.3 Å². The predicted octanol–water partition coefficient (Wildman–Crippen LogP) is 2.82. The molecule has 0 radical (unpaired) electrons. The Morgan fingerprint density at radius 3 is 2.79 bits per heavy atom. The molecule has 3 heterocycles. The van der Waals surface area contributed by atoms with Crippen molar-refractivity contribution in [2.75, 3.05) is 26.3 Å². The van der Waals surface area contributed by atoms with Crippen LogP contribution in [0.25, 0.3) is 22.0 Å². The number of halogens is 1. The molecule has 2 fully saturated rings. The van der Waals surface area contributed by atoms with Crippen LogP contribution in [0.4, 0.5) is 4.39 Å². The van der Waals surface area contributed by atoms with E-state index in [-0.39, 0.29) is 23.8 Å². The predicted molar refractivity (Wildman–Crippen MR) is 108 cm³/mol. The van der Waals surface area contributed by atoms with E-state index in [4.69, 9.17) is 0 Å². The number of alkyl halides is 1. The molecule has 150 valence electrons. The van der Waals surface area contributed by atoms with Gasteiger partial charge in [-0.3, -0.25) is 19.4 Å². The van der Waals surface area contributed by atoms with E-state index in [0.717, 1.165) is 53.7 Å². The first-order valence-corrected chi connectivity index (χ1v) is 10.1. The molecule has 1 spiro atoms. The Morgan fingerprint density at radius 1 is 1.24 bits per heavy atom. The average Bonchev–Trinajstić information content (AvgIpc) is 3.08. The van der Waals surface area contributed by atoms with Crippen LogP contribution in [0, 0.1) is 11.3 Å². The second kappa shape index (κ2) is 6.99. The number of carbonyl (C=O) groups excluding carboxylic acids is 1. The fraction of sp³-hybridized carbons (Fsp3) is 0.455. The molecular formula is C22H24FN5O. The number of hydrogen-bond donors (Lipinski definition) is 0. The van der Waals surface area contributed by atoms with E-state index in [9.17, 15) is 9.18 Å². The average molecular weight is 393 g/mol. The first kappa shape index (κ1) is 18.4. The highest BCUT2D eigenvalue weighted by Gasteiger charge is 2.53. The van der Waals surface area contributed by atoms with Gasteiger partial charge >= 0.3 is 0 Å². The number of nitrogens with zero attached hydrogens (tertiary/aromatic N) is 5. The molecular weight excluding hydrogens is 369 g/mol. The lowest BCUT2D eigenvalue weighted by atomic mass is 9.56. The molecule has 1 saturated heterocycles. The third-order valence-electron chi connectivity index (χ3n) is 6.37. The van der Waals surface area contributed by atoms with Crippen LogP contribution in [0.1, 0.15) is 18.5 Å². The zero-order chi connectivity index (χ0) is 20.0. The molecule has 3 aromatic rings. The van der Waals surface area contributed by atoms with Crippen LogP contribution in [-0.4, -0.2) is 57.0 Å². The number of benzene rings is 1. The quantitative estimate of drug-likeness (QED) is 0.644. The van der Waals surface area contributed by atoms with Crippen molar-refractivity contribution in [1.82, 2.24) is 24.9 Å². The number of Topliss-reactive ketones (excluding diaryl/α,β-unsaturated/α-hetero) is 1. The van der Waals surface area contributed by atoms with Gasteiger partial charge in [0.15, 0.2) is 0 Å². The van der Waals surface area contributed by atoms with Crippen LogP contribution in [-0.2, 0) is 18.3 Å². The summed E-state index contributed by atoms with van der Waals surface area (Å²) in [4.78, 5) is 19.4. The molecule has 2 aliphatic rings. The molecule has 2 aromatic heterocycles. The Hall–Kier alpha value is -2.67. The Labute approximate surface area is 168 Å². The monoisotopic (exact) mass is 393 g/mol. The van der Waals surface area contributed by atoms with Gasteiger partial charge in [0.05, 0.1) is 6.20 Å². The molecule has 0 bridgehead atoms.